The fourth-order valence-electron chi connectivity index (χ4n) is 3.88. The van der Waals surface area contributed by atoms with Crippen molar-refractivity contribution < 1.29 is 4.74 Å². The van der Waals surface area contributed by atoms with E-state index in [1.54, 1.807) is 7.11 Å². The van der Waals surface area contributed by atoms with Gasteiger partial charge in [0.1, 0.15) is 5.75 Å². The number of allylic oxidation sites excluding steroid dienone is 2. The zero-order valence-electron chi connectivity index (χ0n) is 13.0. The monoisotopic (exact) mass is 379 g/mol. The first kappa shape index (κ1) is 16.1. The summed E-state index contributed by atoms with van der Waals surface area (Å²) in [5.41, 5.74) is 3.05. The van der Waals surface area contributed by atoms with E-state index in [4.69, 9.17) is 39.5 Å². The molecule has 0 amide bonds. The van der Waals surface area contributed by atoms with Crippen molar-refractivity contribution in [1.29, 1.82) is 0 Å². The smallest absolute Gasteiger partial charge is 0.142 e. The summed E-state index contributed by atoms with van der Waals surface area (Å²) < 4.78 is 5.55. The van der Waals surface area contributed by atoms with Gasteiger partial charge in [-0.25, -0.2) is 0 Å². The lowest BCUT2D eigenvalue weighted by molar-refractivity contribution is 0.397. The van der Waals surface area contributed by atoms with E-state index in [1.807, 2.05) is 30.3 Å². The number of fused-ring (bicyclic) bond motifs is 3. The topological polar surface area (TPSA) is 21.3 Å². The van der Waals surface area contributed by atoms with Crippen LogP contribution in [0.25, 0.3) is 0 Å². The van der Waals surface area contributed by atoms with Gasteiger partial charge in [-0.3, -0.25) is 0 Å². The van der Waals surface area contributed by atoms with Gasteiger partial charge in [0.2, 0.25) is 0 Å². The predicted molar refractivity (Wildman–Crippen MR) is 101 cm³/mol. The van der Waals surface area contributed by atoms with E-state index in [-0.39, 0.29) is 12.0 Å². The Kier molecular flexibility index (Phi) is 4.16. The molecule has 0 radical (unpaired) electrons. The normalized spacial score (nSPS) is 24.2. The minimum absolute atomic E-state index is 0.0519. The van der Waals surface area contributed by atoms with Gasteiger partial charge >= 0.3 is 0 Å². The van der Waals surface area contributed by atoms with Crippen LogP contribution in [0.15, 0.2) is 42.5 Å². The van der Waals surface area contributed by atoms with Crippen molar-refractivity contribution in [3.63, 3.8) is 0 Å². The molecule has 0 saturated heterocycles. The Hall–Kier alpha value is -1.35. The number of hydrogen-bond donors (Lipinski definition) is 1. The zero-order chi connectivity index (χ0) is 16.8. The van der Waals surface area contributed by atoms with Gasteiger partial charge < -0.3 is 10.1 Å². The number of halogens is 3. The molecule has 2 nitrogen and oxygen atoms in total. The van der Waals surface area contributed by atoms with E-state index >= 15 is 0 Å². The Labute approximate surface area is 156 Å². The first-order valence-corrected chi connectivity index (χ1v) is 8.98. The molecule has 0 saturated carbocycles. The highest BCUT2D eigenvalue weighted by atomic mass is 35.5. The van der Waals surface area contributed by atoms with Gasteiger partial charge in [-0.05, 0) is 36.1 Å². The Morgan fingerprint density at radius 1 is 1.08 bits per heavy atom. The second-order valence-electron chi connectivity index (χ2n) is 6.16. The lowest BCUT2D eigenvalue weighted by Gasteiger charge is -2.39. The third-order valence-electron chi connectivity index (χ3n) is 4.96. The van der Waals surface area contributed by atoms with Crippen LogP contribution in [-0.2, 0) is 0 Å². The minimum atomic E-state index is 0.0519. The molecule has 0 unspecified atom stereocenters. The molecule has 1 aliphatic carbocycles. The summed E-state index contributed by atoms with van der Waals surface area (Å²) in [6.07, 6.45) is 5.42. The van der Waals surface area contributed by atoms with E-state index < -0.39 is 0 Å². The van der Waals surface area contributed by atoms with Crippen LogP contribution in [0.3, 0.4) is 0 Å². The number of rotatable bonds is 2. The van der Waals surface area contributed by atoms with Crippen LogP contribution in [0.1, 0.15) is 29.5 Å². The van der Waals surface area contributed by atoms with Crippen molar-refractivity contribution in [2.45, 2.75) is 18.4 Å². The fourth-order valence-corrected chi connectivity index (χ4v) is 4.58. The van der Waals surface area contributed by atoms with Crippen LogP contribution in [0.4, 0.5) is 5.69 Å². The summed E-state index contributed by atoms with van der Waals surface area (Å²) in [6.45, 7) is 0. The SMILES string of the molecule is COc1ccc(Cl)c2c1N[C@H](c1cccc(Cl)c1Cl)[C@H]1CC=C[C@@H]21. The largest absolute Gasteiger partial charge is 0.495 e. The van der Waals surface area contributed by atoms with E-state index in [0.717, 1.165) is 34.0 Å². The van der Waals surface area contributed by atoms with Crippen molar-refractivity contribution in [3.8, 4) is 5.75 Å². The maximum atomic E-state index is 6.51. The summed E-state index contributed by atoms with van der Waals surface area (Å²) in [5.74, 6) is 1.37. The molecule has 4 rings (SSSR count). The minimum Gasteiger partial charge on any atom is -0.495 e. The Morgan fingerprint density at radius 2 is 1.92 bits per heavy atom. The van der Waals surface area contributed by atoms with Crippen molar-refractivity contribution in [2.75, 3.05) is 12.4 Å². The molecule has 1 aliphatic heterocycles. The molecule has 2 aliphatic rings. The van der Waals surface area contributed by atoms with Gasteiger partial charge in [0, 0.05) is 16.5 Å². The summed E-state index contributed by atoms with van der Waals surface area (Å²) >= 11 is 19.2. The summed E-state index contributed by atoms with van der Waals surface area (Å²) in [5, 5.41) is 5.56. The Morgan fingerprint density at radius 3 is 2.71 bits per heavy atom. The molecule has 2 aromatic carbocycles. The maximum absolute atomic E-state index is 6.51. The molecular formula is C19H16Cl3NO. The molecule has 24 heavy (non-hydrogen) atoms. The second-order valence-corrected chi connectivity index (χ2v) is 7.35. The van der Waals surface area contributed by atoms with Crippen LogP contribution in [0, 0.1) is 5.92 Å². The van der Waals surface area contributed by atoms with Gasteiger partial charge in [0.25, 0.3) is 0 Å². The Bertz CT molecular complexity index is 834. The number of anilines is 1. The van der Waals surface area contributed by atoms with Gasteiger partial charge in [0.15, 0.2) is 0 Å². The highest BCUT2D eigenvalue weighted by molar-refractivity contribution is 6.42. The highest BCUT2D eigenvalue weighted by Crippen LogP contribution is 2.55. The van der Waals surface area contributed by atoms with Crippen LogP contribution >= 0.6 is 34.8 Å². The molecule has 124 valence electrons. The van der Waals surface area contributed by atoms with Crippen LogP contribution in [-0.4, -0.2) is 7.11 Å². The van der Waals surface area contributed by atoms with Crippen molar-refractivity contribution in [3.05, 3.63) is 68.7 Å². The molecule has 1 N–H and O–H groups in total. The summed E-state index contributed by atoms with van der Waals surface area (Å²) in [4.78, 5) is 0. The number of hydrogen-bond acceptors (Lipinski definition) is 2. The highest BCUT2D eigenvalue weighted by Gasteiger charge is 2.41. The van der Waals surface area contributed by atoms with Gasteiger partial charge in [0.05, 0.1) is 28.9 Å². The van der Waals surface area contributed by atoms with Gasteiger partial charge in [-0.1, -0.05) is 59.1 Å². The first-order valence-electron chi connectivity index (χ1n) is 7.85. The molecule has 1 heterocycles. The van der Waals surface area contributed by atoms with Gasteiger partial charge in [-0.2, -0.15) is 0 Å². The second kappa shape index (κ2) is 6.18. The molecule has 2 aromatic rings. The third kappa shape index (κ3) is 2.40. The number of ether oxygens (including phenoxy) is 1. The maximum Gasteiger partial charge on any atom is 0.142 e. The van der Waals surface area contributed by atoms with E-state index in [9.17, 15) is 0 Å². The molecule has 0 fully saturated rings. The van der Waals surface area contributed by atoms with Crippen LogP contribution in [0.2, 0.25) is 15.1 Å². The summed E-state index contributed by atoms with van der Waals surface area (Å²) in [6, 6.07) is 9.62. The quantitative estimate of drug-likeness (QED) is 0.602. The predicted octanol–water partition coefficient (Wildman–Crippen LogP) is 6.48. The zero-order valence-corrected chi connectivity index (χ0v) is 15.3. The van der Waals surface area contributed by atoms with Crippen molar-refractivity contribution >= 4 is 40.5 Å². The molecule has 3 atom stereocenters. The number of methoxy groups -OCH3 is 1. The average molecular weight is 381 g/mol. The Balaban J connectivity index is 1.89. The first-order chi connectivity index (χ1) is 11.6. The van der Waals surface area contributed by atoms with Crippen molar-refractivity contribution in [2.24, 2.45) is 5.92 Å². The van der Waals surface area contributed by atoms with E-state index in [1.165, 1.54) is 0 Å². The lowest BCUT2D eigenvalue weighted by atomic mass is 9.77. The number of nitrogens with one attached hydrogen (secondary N) is 1. The molecule has 0 aromatic heterocycles. The molecule has 0 spiro atoms. The average Bonchev–Trinajstić information content (AvgIpc) is 3.06. The van der Waals surface area contributed by atoms with E-state index in [0.29, 0.717) is 16.0 Å². The molecule has 0 bridgehead atoms. The summed E-state index contributed by atoms with van der Waals surface area (Å²) in [7, 11) is 1.67. The van der Waals surface area contributed by atoms with Crippen molar-refractivity contribution in [1.82, 2.24) is 0 Å². The fraction of sp³-hybridized carbons (Fsp3) is 0.263. The lowest BCUT2D eigenvalue weighted by Crippen LogP contribution is -2.29. The third-order valence-corrected chi connectivity index (χ3v) is 6.13. The van der Waals surface area contributed by atoms with Crippen LogP contribution in [0.5, 0.6) is 5.75 Å². The number of benzene rings is 2. The standard InChI is InChI=1S/C19H16Cl3NO/c1-24-15-9-8-13(20)16-10-4-2-5-11(10)18(23-19(15)16)12-6-3-7-14(21)17(12)22/h2-4,6-11,18,23H,5H2,1H3/t10-,11+,18+/m1/s1. The van der Waals surface area contributed by atoms with Crippen LogP contribution < -0.4 is 10.1 Å². The van der Waals surface area contributed by atoms with E-state index in [2.05, 4.69) is 17.5 Å². The molecular weight excluding hydrogens is 365 g/mol. The van der Waals surface area contributed by atoms with Gasteiger partial charge in [-0.15, -0.1) is 0 Å². The molecule has 5 heteroatoms.